The molecule has 0 saturated heterocycles. The molecule has 0 radical (unpaired) electrons. The maximum Gasteiger partial charge on any atom is 0.341 e. The molecule has 0 fully saturated rings. The molecule has 0 bridgehead atoms. The summed E-state index contributed by atoms with van der Waals surface area (Å²) in [5.74, 6) is -1.08. The van der Waals surface area contributed by atoms with Gasteiger partial charge in [0, 0.05) is 4.88 Å². The molecule has 4 nitrogen and oxygen atoms in total. The van der Waals surface area contributed by atoms with Crippen LogP contribution in [0.4, 0.5) is 3.89 Å². The van der Waals surface area contributed by atoms with E-state index in [1.54, 1.807) is 0 Å². The molecule has 0 aliphatic rings. The summed E-state index contributed by atoms with van der Waals surface area (Å²) in [4.78, 5) is 10.5. The van der Waals surface area contributed by atoms with Gasteiger partial charge in [0.15, 0.2) is 4.21 Å². The number of hydrogen-bond acceptors (Lipinski definition) is 4. The van der Waals surface area contributed by atoms with Gasteiger partial charge in [-0.15, -0.1) is 11.3 Å². The van der Waals surface area contributed by atoms with Gasteiger partial charge >= 0.3 is 16.2 Å². The number of carboxylic acid groups (broad SMARTS) is 1. The van der Waals surface area contributed by atoms with Crippen LogP contribution in [0.2, 0.25) is 0 Å². The monoisotopic (exact) mass is 224 g/mol. The SMILES string of the molecule is O=C(O)Cc1ccc(S(=O)(=O)F)s1. The van der Waals surface area contributed by atoms with E-state index in [-0.39, 0.29) is 6.42 Å². The van der Waals surface area contributed by atoms with Crippen molar-refractivity contribution in [1.82, 2.24) is 0 Å². The first-order valence-electron chi connectivity index (χ1n) is 3.15. The largest absolute Gasteiger partial charge is 0.481 e. The number of carbonyl (C=O) groups is 1. The van der Waals surface area contributed by atoms with E-state index in [4.69, 9.17) is 5.11 Å². The van der Waals surface area contributed by atoms with E-state index in [0.29, 0.717) is 16.2 Å². The average Bonchev–Trinajstić information content (AvgIpc) is 2.32. The Morgan fingerprint density at radius 3 is 2.54 bits per heavy atom. The Hall–Kier alpha value is -0.950. The summed E-state index contributed by atoms with van der Waals surface area (Å²) in [6.45, 7) is 0. The molecule has 1 heterocycles. The van der Waals surface area contributed by atoms with Crippen LogP contribution in [0.5, 0.6) is 0 Å². The molecule has 0 aliphatic carbocycles. The third-order valence-electron chi connectivity index (χ3n) is 1.20. The number of halogens is 1. The fraction of sp³-hybridized carbons (Fsp3) is 0.167. The Kier molecular flexibility index (Phi) is 2.67. The molecule has 0 aromatic carbocycles. The van der Waals surface area contributed by atoms with Crippen molar-refractivity contribution in [3.05, 3.63) is 17.0 Å². The minimum atomic E-state index is -4.69. The molecule has 13 heavy (non-hydrogen) atoms. The van der Waals surface area contributed by atoms with Crippen molar-refractivity contribution in [2.45, 2.75) is 10.6 Å². The molecule has 0 unspecified atom stereocenters. The van der Waals surface area contributed by atoms with Crippen molar-refractivity contribution in [2.75, 3.05) is 0 Å². The Morgan fingerprint density at radius 2 is 2.15 bits per heavy atom. The van der Waals surface area contributed by atoms with Crippen LogP contribution in [0.3, 0.4) is 0 Å². The fourth-order valence-electron chi connectivity index (χ4n) is 0.733. The number of carboxylic acids is 1. The topological polar surface area (TPSA) is 71.4 Å². The van der Waals surface area contributed by atoms with Crippen LogP contribution in [0, 0.1) is 0 Å². The summed E-state index contributed by atoms with van der Waals surface area (Å²) in [5.41, 5.74) is 0. The molecule has 1 rings (SSSR count). The van der Waals surface area contributed by atoms with Crippen LogP contribution in [0.15, 0.2) is 16.3 Å². The highest BCUT2D eigenvalue weighted by molar-refractivity contribution is 7.88. The summed E-state index contributed by atoms with van der Waals surface area (Å²) < 4.78 is 32.5. The predicted octanol–water partition coefficient (Wildman–Crippen LogP) is 1.03. The molecule has 0 aliphatic heterocycles. The number of rotatable bonds is 3. The van der Waals surface area contributed by atoms with Crippen molar-refractivity contribution in [3.8, 4) is 0 Å². The average molecular weight is 224 g/mol. The fourth-order valence-corrected chi connectivity index (χ4v) is 2.41. The van der Waals surface area contributed by atoms with Gasteiger partial charge in [-0.3, -0.25) is 4.79 Å². The quantitative estimate of drug-likeness (QED) is 0.778. The lowest BCUT2D eigenvalue weighted by molar-refractivity contribution is -0.136. The smallest absolute Gasteiger partial charge is 0.341 e. The van der Waals surface area contributed by atoms with Gasteiger partial charge in [-0.05, 0) is 12.1 Å². The normalized spacial score (nSPS) is 11.5. The zero-order valence-electron chi connectivity index (χ0n) is 6.23. The second-order valence-corrected chi connectivity index (χ2v) is 4.97. The summed E-state index contributed by atoms with van der Waals surface area (Å²) in [6.07, 6.45) is -0.291. The van der Waals surface area contributed by atoms with E-state index in [9.17, 15) is 17.1 Å². The van der Waals surface area contributed by atoms with E-state index in [2.05, 4.69) is 0 Å². The molecule has 72 valence electrons. The van der Waals surface area contributed by atoms with Gasteiger partial charge in [0.05, 0.1) is 6.42 Å². The Labute approximate surface area is 77.8 Å². The van der Waals surface area contributed by atoms with Crippen molar-refractivity contribution >= 4 is 27.5 Å². The first-order chi connectivity index (χ1) is 5.89. The summed E-state index contributed by atoms with van der Waals surface area (Å²) in [5, 5.41) is 8.34. The third kappa shape index (κ3) is 2.78. The molecule has 1 aromatic heterocycles. The van der Waals surface area contributed by atoms with Crippen LogP contribution in [-0.2, 0) is 21.4 Å². The molecular weight excluding hydrogens is 219 g/mol. The Bertz CT molecular complexity index is 420. The number of thiophene rings is 1. The van der Waals surface area contributed by atoms with Gasteiger partial charge in [-0.1, -0.05) is 3.89 Å². The predicted molar refractivity (Wildman–Crippen MR) is 44.0 cm³/mol. The van der Waals surface area contributed by atoms with Crippen LogP contribution in [0.25, 0.3) is 0 Å². The molecule has 0 atom stereocenters. The molecule has 1 aromatic rings. The van der Waals surface area contributed by atoms with Crippen LogP contribution in [-0.4, -0.2) is 19.5 Å². The van der Waals surface area contributed by atoms with Gasteiger partial charge in [-0.25, -0.2) is 0 Å². The van der Waals surface area contributed by atoms with Gasteiger partial charge in [-0.2, -0.15) is 8.42 Å². The first kappa shape index (κ1) is 10.1. The lowest BCUT2D eigenvalue weighted by Gasteiger charge is -1.87. The van der Waals surface area contributed by atoms with Gasteiger partial charge in [0.25, 0.3) is 0 Å². The molecule has 0 spiro atoms. The standard InChI is InChI=1S/C6H5FO4S2/c7-13(10,11)6-2-1-4(12-6)3-5(8)9/h1-2H,3H2,(H,8,9). The molecular formula is C6H5FO4S2. The maximum absolute atomic E-state index is 12.3. The summed E-state index contributed by atoms with van der Waals surface area (Å²) in [7, 11) is -4.69. The van der Waals surface area contributed by atoms with Crippen molar-refractivity contribution in [1.29, 1.82) is 0 Å². The Balaban J connectivity index is 2.94. The summed E-state index contributed by atoms with van der Waals surface area (Å²) >= 11 is 0.624. The van der Waals surface area contributed by atoms with E-state index in [1.165, 1.54) is 6.07 Å². The van der Waals surface area contributed by atoms with E-state index in [1.807, 2.05) is 0 Å². The maximum atomic E-state index is 12.3. The van der Waals surface area contributed by atoms with E-state index < -0.39 is 20.4 Å². The zero-order chi connectivity index (χ0) is 10.1. The first-order valence-corrected chi connectivity index (χ1v) is 5.35. The van der Waals surface area contributed by atoms with Crippen molar-refractivity contribution in [3.63, 3.8) is 0 Å². The molecule has 7 heteroatoms. The third-order valence-corrected chi connectivity index (χ3v) is 3.55. The van der Waals surface area contributed by atoms with Crippen LogP contribution >= 0.6 is 11.3 Å². The van der Waals surface area contributed by atoms with Crippen molar-refractivity contribution < 1.29 is 22.2 Å². The minimum absolute atomic E-state index is 0.291. The highest BCUT2D eigenvalue weighted by Crippen LogP contribution is 2.23. The van der Waals surface area contributed by atoms with Gasteiger partial charge in [0.1, 0.15) is 0 Å². The highest BCUT2D eigenvalue weighted by atomic mass is 32.3. The number of aliphatic carboxylic acids is 1. The molecule has 0 saturated carbocycles. The second-order valence-electron chi connectivity index (χ2n) is 2.23. The lowest BCUT2D eigenvalue weighted by atomic mass is 10.3. The van der Waals surface area contributed by atoms with Gasteiger partial charge < -0.3 is 5.11 Å². The second kappa shape index (κ2) is 3.43. The minimum Gasteiger partial charge on any atom is -0.481 e. The Morgan fingerprint density at radius 1 is 1.54 bits per heavy atom. The van der Waals surface area contributed by atoms with Crippen LogP contribution < -0.4 is 0 Å². The number of hydrogen-bond donors (Lipinski definition) is 1. The molecule has 0 amide bonds. The molecule has 1 N–H and O–H groups in total. The van der Waals surface area contributed by atoms with E-state index >= 15 is 0 Å². The lowest BCUT2D eigenvalue weighted by Crippen LogP contribution is -1.97. The van der Waals surface area contributed by atoms with Gasteiger partial charge in [0.2, 0.25) is 0 Å². The van der Waals surface area contributed by atoms with E-state index in [0.717, 1.165) is 6.07 Å². The zero-order valence-corrected chi connectivity index (χ0v) is 7.86. The van der Waals surface area contributed by atoms with Crippen LogP contribution in [0.1, 0.15) is 4.88 Å². The van der Waals surface area contributed by atoms with Crippen molar-refractivity contribution in [2.24, 2.45) is 0 Å². The summed E-state index contributed by atoms with van der Waals surface area (Å²) in [6, 6.07) is 2.34. The highest BCUT2D eigenvalue weighted by Gasteiger charge is 2.15.